The van der Waals surface area contributed by atoms with Gasteiger partial charge in [-0.25, -0.2) is 9.97 Å². The summed E-state index contributed by atoms with van der Waals surface area (Å²) in [5.41, 5.74) is 3.32. The Kier molecular flexibility index (Phi) is 6.55. The molecule has 0 aromatic carbocycles. The molecule has 33 heavy (non-hydrogen) atoms. The minimum Gasteiger partial charge on any atom is -0.381 e. The maximum Gasteiger partial charge on any atom is 0.227 e. The molecule has 0 unspecified atom stereocenters. The summed E-state index contributed by atoms with van der Waals surface area (Å²) in [5.74, 6) is 1.08. The van der Waals surface area contributed by atoms with E-state index in [2.05, 4.69) is 51.2 Å². The van der Waals surface area contributed by atoms with Crippen molar-refractivity contribution in [3.8, 4) is 0 Å². The molecule has 0 aliphatic carbocycles. The van der Waals surface area contributed by atoms with Crippen molar-refractivity contribution in [2.24, 2.45) is 5.92 Å². The van der Waals surface area contributed by atoms with E-state index in [4.69, 9.17) is 9.72 Å². The number of anilines is 1. The maximum atomic E-state index is 13.9. The summed E-state index contributed by atoms with van der Waals surface area (Å²) >= 11 is 0. The first-order chi connectivity index (χ1) is 16.1. The highest BCUT2D eigenvalue weighted by Crippen LogP contribution is 2.35. The molecule has 2 saturated heterocycles. The van der Waals surface area contributed by atoms with Crippen LogP contribution in [0, 0.1) is 5.92 Å². The topological polar surface area (TPSA) is 83.5 Å². The van der Waals surface area contributed by atoms with Gasteiger partial charge in [-0.1, -0.05) is 0 Å². The fraction of sp³-hybridized carbons (Fsp3) is 0.600. The molecule has 5 heterocycles. The molecule has 2 aromatic rings. The molecule has 2 aromatic heterocycles. The van der Waals surface area contributed by atoms with Gasteiger partial charge in [0.15, 0.2) is 0 Å². The lowest BCUT2D eigenvalue weighted by molar-refractivity contribution is -0.141. The number of aromatic nitrogens is 3. The predicted octanol–water partition coefficient (Wildman–Crippen LogP) is 2.47. The Morgan fingerprint density at radius 2 is 1.97 bits per heavy atom. The molecule has 3 aliphatic heterocycles. The van der Waals surface area contributed by atoms with E-state index < -0.39 is 0 Å². The average Bonchev–Trinajstić information content (AvgIpc) is 2.84. The Hall–Kier alpha value is -2.58. The molecule has 0 radical (unpaired) electrons. The number of rotatable bonds is 4. The molecule has 176 valence electrons. The summed E-state index contributed by atoms with van der Waals surface area (Å²) in [4.78, 5) is 31.8. The molecule has 8 heteroatoms. The summed E-state index contributed by atoms with van der Waals surface area (Å²) in [6.45, 7) is 6.08. The molecular weight excluding hydrogens is 416 g/mol. The molecule has 0 bridgehead atoms. The number of nitrogens with one attached hydrogen (secondary N) is 1. The molecular formula is C25H34N6O2. The number of amides is 1. The van der Waals surface area contributed by atoms with Gasteiger partial charge < -0.3 is 19.9 Å². The van der Waals surface area contributed by atoms with E-state index in [1.165, 1.54) is 5.56 Å². The highest BCUT2D eigenvalue weighted by Gasteiger charge is 2.39. The molecule has 5 rings (SSSR count). The van der Waals surface area contributed by atoms with Gasteiger partial charge in [0, 0.05) is 62.3 Å². The van der Waals surface area contributed by atoms with Gasteiger partial charge in [0.1, 0.15) is 0 Å². The van der Waals surface area contributed by atoms with Gasteiger partial charge in [0.05, 0.1) is 12.2 Å². The minimum absolute atomic E-state index is 0.0192. The van der Waals surface area contributed by atoms with Gasteiger partial charge in [-0.2, -0.15) is 0 Å². The Balaban J connectivity index is 1.34. The van der Waals surface area contributed by atoms with Crippen molar-refractivity contribution in [1.82, 2.24) is 24.8 Å². The normalized spacial score (nSPS) is 26.6. The number of hydrogen-bond donors (Lipinski definition) is 1. The van der Waals surface area contributed by atoms with Crippen LogP contribution >= 0.6 is 0 Å². The van der Waals surface area contributed by atoms with Crippen LogP contribution in [0.5, 0.6) is 0 Å². The number of carbonyl (C=O) groups is 1. The lowest BCUT2D eigenvalue weighted by Crippen LogP contribution is -2.50. The van der Waals surface area contributed by atoms with Crippen LogP contribution in [-0.4, -0.2) is 76.1 Å². The van der Waals surface area contributed by atoms with Gasteiger partial charge in [0.25, 0.3) is 0 Å². The third-order valence-electron chi connectivity index (χ3n) is 7.43. The SMILES string of the molecule is C[C@@H]1Cc2cnc(NC3CCOCC3)nc2CN1C(=O)[C@@H]1CCN(C)C[C@H]1c1ccncc1. The maximum absolute atomic E-state index is 13.9. The second-order valence-corrected chi connectivity index (χ2v) is 9.76. The highest BCUT2D eigenvalue weighted by molar-refractivity contribution is 5.80. The fourth-order valence-corrected chi connectivity index (χ4v) is 5.46. The van der Waals surface area contributed by atoms with E-state index in [1.54, 1.807) is 0 Å². The third kappa shape index (κ3) is 4.87. The number of piperidine rings is 1. The predicted molar refractivity (Wildman–Crippen MR) is 126 cm³/mol. The number of nitrogens with zero attached hydrogens (tertiary/aromatic N) is 5. The van der Waals surface area contributed by atoms with Crippen molar-refractivity contribution >= 4 is 11.9 Å². The Morgan fingerprint density at radius 1 is 1.18 bits per heavy atom. The van der Waals surface area contributed by atoms with Crippen LogP contribution in [0.4, 0.5) is 5.95 Å². The number of likely N-dealkylation sites (N-methyl/N-ethyl adjacent to an activating group) is 1. The van der Waals surface area contributed by atoms with Crippen LogP contribution in [0.25, 0.3) is 0 Å². The number of fused-ring (bicyclic) bond motifs is 1. The van der Waals surface area contributed by atoms with Crippen molar-refractivity contribution in [3.63, 3.8) is 0 Å². The zero-order chi connectivity index (χ0) is 22.8. The highest BCUT2D eigenvalue weighted by atomic mass is 16.5. The summed E-state index contributed by atoms with van der Waals surface area (Å²) in [5, 5.41) is 3.47. The van der Waals surface area contributed by atoms with E-state index in [0.29, 0.717) is 18.5 Å². The smallest absolute Gasteiger partial charge is 0.227 e. The van der Waals surface area contributed by atoms with Crippen LogP contribution in [-0.2, 0) is 22.5 Å². The minimum atomic E-state index is -0.0192. The second kappa shape index (κ2) is 9.73. The van der Waals surface area contributed by atoms with Crippen molar-refractivity contribution in [2.45, 2.75) is 57.2 Å². The standard InChI is InChI=1S/C25H34N6O2/c1-17-13-19-14-27-25(28-20-6-11-33-12-7-20)29-23(19)16-31(17)24(32)21-5-10-30(2)15-22(21)18-3-8-26-9-4-18/h3-4,8-9,14,17,20-22H,5-7,10-13,15-16H2,1-2H3,(H,27,28,29)/t17-,21-,22+/m1/s1. The van der Waals surface area contributed by atoms with Gasteiger partial charge in [-0.05, 0) is 69.5 Å². The van der Waals surface area contributed by atoms with E-state index in [-0.39, 0.29) is 23.8 Å². The van der Waals surface area contributed by atoms with Crippen LogP contribution in [0.1, 0.15) is 48.9 Å². The van der Waals surface area contributed by atoms with Gasteiger partial charge >= 0.3 is 0 Å². The Morgan fingerprint density at radius 3 is 2.76 bits per heavy atom. The molecule has 3 atom stereocenters. The van der Waals surface area contributed by atoms with Crippen molar-refractivity contribution in [1.29, 1.82) is 0 Å². The first kappa shape index (κ1) is 22.2. The number of likely N-dealkylation sites (tertiary alicyclic amines) is 1. The second-order valence-electron chi connectivity index (χ2n) is 9.76. The number of ether oxygens (including phenoxy) is 1. The lowest BCUT2D eigenvalue weighted by atomic mass is 9.79. The van der Waals surface area contributed by atoms with Crippen LogP contribution in [0.3, 0.4) is 0 Å². The first-order valence-electron chi connectivity index (χ1n) is 12.2. The molecule has 0 spiro atoms. The molecule has 3 aliphatic rings. The van der Waals surface area contributed by atoms with Crippen molar-refractivity contribution in [2.75, 3.05) is 38.7 Å². The molecule has 1 N–H and O–H groups in total. The van der Waals surface area contributed by atoms with Gasteiger partial charge in [0.2, 0.25) is 11.9 Å². The zero-order valence-electron chi connectivity index (χ0n) is 19.6. The molecule has 2 fully saturated rings. The summed E-state index contributed by atoms with van der Waals surface area (Å²) < 4.78 is 5.45. The van der Waals surface area contributed by atoms with Crippen molar-refractivity contribution < 1.29 is 9.53 Å². The number of carbonyl (C=O) groups excluding carboxylic acids is 1. The van der Waals surface area contributed by atoms with Crippen LogP contribution < -0.4 is 5.32 Å². The third-order valence-corrected chi connectivity index (χ3v) is 7.43. The summed E-state index contributed by atoms with van der Waals surface area (Å²) in [7, 11) is 2.14. The van der Waals surface area contributed by atoms with E-state index in [1.807, 2.05) is 18.6 Å². The number of hydrogen-bond acceptors (Lipinski definition) is 7. The average molecular weight is 451 g/mol. The molecule has 8 nitrogen and oxygen atoms in total. The van der Waals surface area contributed by atoms with Crippen LogP contribution in [0.15, 0.2) is 30.7 Å². The van der Waals surface area contributed by atoms with Gasteiger partial charge in [-0.3, -0.25) is 9.78 Å². The Bertz CT molecular complexity index is 965. The quantitative estimate of drug-likeness (QED) is 0.766. The monoisotopic (exact) mass is 450 g/mol. The van der Waals surface area contributed by atoms with Gasteiger partial charge in [-0.15, -0.1) is 0 Å². The molecule has 1 amide bonds. The summed E-state index contributed by atoms with van der Waals surface area (Å²) in [6, 6.07) is 4.60. The Labute approximate surface area is 195 Å². The fourth-order valence-electron chi connectivity index (χ4n) is 5.46. The van der Waals surface area contributed by atoms with E-state index >= 15 is 0 Å². The largest absolute Gasteiger partial charge is 0.381 e. The van der Waals surface area contributed by atoms with Crippen LogP contribution in [0.2, 0.25) is 0 Å². The van der Waals surface area contributed by atoms with Crippen molar-refractivity contribution in [3.05, 3.63) is 47.5 Å². The molecule has 0 saturated carbocycles. The summed E-state index contributed by atoms with van der Waals surface area (Å²) in [6.07, 6.45) is 9.20. The zero-order valence-corrected chi connectivity index (χ0v) is 19.6. The lowest BCUT2D eigenvalue weighted by Gasteiger charge is -2.42. The first-order valence-corrected chi connectivity index (χ1v) is 12.2. The van der Waals surface area contributed by atoms with E-state index in [9.17, 15) is 4.79 Å². The number of pyridine rings is 1. The van der Waals surface area contributed by atoms with E-state index in [0.717, 1.165) is 63.2 Å².